The van der Waals surface area contributed by atoms with Crippen LogP contribution in [0.25, 0.3) is 66.6 Å². The number of carbonyl (C=O) groups excluding carboxylic acids is 4. The summed E-state index contributed by atoms with van der Waals surface area (Å²) < 4.78 is 98.0. The van der Waals surface area contributed by atoms with E-state index in [1.54, 1.807) is 97.6 Å². The van der Waals surface area contributed by atoms with E-state index in [1.807, 2.05) is 0 Å². The van der Waals surface area contributed by atoms with Crippen molar-refractivity contribution in [1.29, 1.82) is 0 Å². The molecule has 36 heteroatoms. The number of benzene rings is 4. The van der Waals surface area contributed by atoms with Crippen LogP contribution in [0.2, 0.25) is 0 Å². The Kier molecular flexibility index (Phi) is 27.0. The minimum Gasteiger partial charge on any atom is -0.458 e. The van der Waals surface area contributed by atoms with Crippen LogP contribution in [-0.4, -0.2) is 163 Å². The van der Waals surface area contributed by atoms with Crippen LogP contribution in [0.3, 0.4) is 0 Å². The first-order chi connectivity index (χ1) is 55.0. The van der Waals surface area contributed by atoms with Gasteiger partial charge in [0.05, 0.1) is 159 Å². The van der Waals surface area contributed by atoms with E-state index in [-0.39, 0.29) is 154 Å². The molecule has 113 heavy (non-hydrogen) atoms. The molecule has 8 heterocycles. The largest absolute Gasteiger partial charge is 0.458 e. The average Bonchev–Trinajstić information content (AvgIpc) is 1.76. The Hall–Kier alpha value is -13.2. The molecule has 36 nitrogen and oxygen atoms in total. The standard InChI is InChI=1S/C77H72N12O24/c1-5-69(90)106-37-49-25-73(94)110-65-29-57(9-13-61(49)65)86-33-53(78-82-86)41-98-17-21-102-45-77(46-103-22-18-99-42-54-34-87(83-79-54)58-10-14-62-50(38-107-70(91)6-2)26-74(95)111-66(62)30-58,47-104-23-19-100-43-55-35-88(84-80-55)59-11-15-63-51(39-108-71(92)7-3)27-75(96)112-67(63)31-59)48-105-24-20-101-44-56-36-89(85-81-56)60-12-16-64-52(40-109-72(93)8-4)28-76(97)113-68(64)32-60/h5-16,25-36H,1-4,17-24,37-48H2. The van der Waals surface area contributed by atoms with Gasteiger partial charge < -0.3 is 74.5 Å². The fraction of sp³-hybridized carbons (Fsp3) is 0.273. The van der Waals surface area contributed by atoms with Gasteiger partial charge in [0, 0.05) is 117 Å². The summed E-state index contributed by atoms with van der Waals surface area (Å²) in [5, 5.41) is 36.3. The molecule has 0 radical (unpaired) electrons. The minimum absolute atomic E-state index is 0.0215. The number of rotatable bonds is 44. The number of hydrogen-bond donors (Lipinski definition) is 0. The van der Waals surface area contributed by atoms with Gasteiger partial charge in [0.2, 0.25) is 0 Å². The van der Waals surface area contributed by atoms with Crippen LogP contribution in [0.4, 0.5) is 0 Å². The monoisotopic (exact) mass is 1550 g/mol. The normalized spacial score (nSPS) is 11.5. The van der Waals surface area contributed by atoms with Crippen molar-refractivity contribution in [3.8, 4) is 22.7 Å². The van der Waals surface area contributed by atoms with Crippen molar-refractivity contribution in [2.24, 2.45) is 5.41 Å². The molecule has 0 aliphatic heterocycles. The summed E-state index contributed by atoms with van der Waals surface area (Å²) in [6.07, 6.45) is 10.7. The van der Waals surface area contributed by atoms with E-state index < -0.39 is 51.8 Å². The molecule has 0 aliphatic carbocycles. The lowest BCUT2D eigenvalue weighted by Gasteiger charge is -2.33. The van der Waals surface area contributed by atoms with Crippen molar-refractivity contribution in [2.45, 2.75) is 52.9 Å². The first-order valence-corrected chi connectivity index (χ1v) is 34.7. The summed E-state index contributed by atoms with van der Waals surface area (Å²) in [6.45, 7) is 14.0. The summed E-state index contributed by atoms with van der Waals surface area (Å²) in [5.41, 5.74) is 3.17. The van der Waals surface area contributed by atoms with Gasteiger partial charge in [0.25, 0.3) is 0 Å². The first-order valence-electron chi connectivity index (χ1n) is 34.7. The molecule has 4 aromatic carbocycles. The first kappa shape index (κ1) is 79.4. The van der Waals surface area contributed by atoms with Gasteiger partial charge in [-0.05, 0) is 48.5 Å². The molecule has 0 aliphatic rings. The van der Waals surface area contributed by atoms with Crippen LogP contribution in [0, 0.1) is 5.41 Å². The number of ether oxygens (including phenoxy) is 12. The Morgan fingerprint density at radius 1 is 0.319 bits per heavy atom. The fourth-order valence-corrected chi connectivity index (χ4v) is 11.3. The molecule has 0 saturated heterocycles. The van der Waals surface area contributed by atoms with Gasteiger partial charge in [-0.2, -0.15) is 0 Å². The van der Waals surface area contributed by atoms with Gasteiger partial charge in [0.15, 0.2) is 0 Å². The van der Waals surface area contributed by atoms with Gasteiger partial charge in [-0.15, -0.1) is 20.4 Å². The van der Waals surface area contributed by atoms with Gasteiger partial charge in [0.1, 0.15) is 71.5 Å². The Balaban J connectivity index is 0.699. The van der Waals surface area contributed by atoms with Crippen LogP contribution in [-0.2, 0) is 129 Å². The number of esters is 4. The maximum atomic E-state index is 12.5. The topological polar surface area (TPSA) is 423 Å². The van der Waals surface area contributed by atoms with E-state index in [9.17, 15) is 38.4 Å². The Morgan fingerprint density at radius 3 is 0.761 bits per heavy atom. The number of nitrogens with zero attached hydrogens (tertiary/aromatic N) is 12. The van der Waals surface area contributed by atoms with E-state index in [2.05, 4.69) is 67.6 Å². The molecule has 0 fully saturated rings. The lowest BCUT2D eigenvalue weighted by atomic mass is 9.92. The zero-order chi connectivity index (χ0) is 79.1. The predicted molar refractivity (Wildman–Crippen MR) is 394 cm³/mol. The van der Waals surface area contributed by atoms with E-state index in [1.165, 1.54) is 43.0 Å². The van der Waals surface area contributed by atoms with Crippen LogP contribution in [0.15, 0.2) is 209 Å². The van der Waals surface area contributed by atoms with Crippen LogP contribution < -0.4 is 22.5 Å². The minimum atomic E-state index is -1.01. The molecule has 0 amide bonds. The van der Waals surface area contributed by atoms with Crippen molar-refractivity contribution >= 4 is 67.8 Å². The molecule has 12 aromatic rings. The highest BCUT2D eigenvalue weighted by Gasteiger charge is 2.33. The molecule has 0 N–H and O–H groups in total. The van der Waals surface area contributed by atoms with Crippen molar-refractivity contribution < 1.29 is 93.7 Å². The molecule has 12 rings (SSSR count). The molecular formula is C77H72N12O24. The maximum absolute atomic E-state index is 12.5. The summed E-state index contributed by atoms with van der Waals surface area (Å²) in [4.78, 5) is 97.0. The molecule has 0 unspecified atom stereocenters. The van der Waals surface area contributed by atoms with Gasteiger partial charge >= 0.3 is 46.4 Å². The number of carbonyl (C=O) groups is 4. The molecule has 584 valence electrons. The molecule has 8 aromatic heterocycles. The third kappa shape index (κ3) is 21.6. The van der Waals surface area contributed by atoms with Crippen molar-refractivity contribution in [1.82, 2.24) is 60.0 Å². The second-order valence-electron chi connectivity index (χ2n) is 24.9. The molecule has 0 bridgehead atoms. The zero-order valence-electron chi connectivity index (χ0n) is 60.5. The van der Waals surface area contributed by atoms with E-state index in [0.717, 1.165) is 24.3 Å². The summed E-state index contributed by atoms with van der Waals surface area (Å²) in [5.74, 6) is -2.58. The predicted octanol–water partition coefficient (Wildman–Crippen LogP) is 6.57. The quantitative estimate of drug-likeness (QED) is 0.0128. The van der Waals surface area contributed by atoms with Gasteiger partial charge in [-0.1, -0.05) is 47.2 Å². The summed E-state index contributed by atoms with van der Waals surface area (Å²) in [7, 11) is 0. The molecule has 0 atom stereocenters. The maximum Gasteiger partial charge on any atom is 0.336 e. The average molecular weight is 1550 g/mol. The SMILES string of the molecule is C=CC(=O)OCc1cc(=O)oc2cc(-n3cc(COCCOCC(COCCOCc4cn(-c5ccc6c(COC(=O)C=C)cc(=O)oc6c5)nn4)(COCCOCc4cn(-c5ccc6c(COC(=O)C=C)cc(=O)oc6c5)nn4)COCCOCc4cn(-c5ccc6c(COC(=O)C=C)cc(=O)oc6c5)nn4)nn3)ccc12. The van der Waals surface area contributed by atoms with Crippen LogP contribution >= 0.6 is 0 Å². The van der Waals surface area contributed by atoms with Crippen molar-refractivity contribution in [3.05, 3.63) is 259 Å². The van der Waals surface area contributed by atoms with E-state index in [0.29, 0.717) is 89.3 Å². The van der Waals surface area contributed by atoms with E-state index in [4.69, 9.17) is 74.5 Å². The van der Waals surface area contributed by atoms with Crippen molar-refractivity contribution in [3.63, 3.8) is 0 Å². The molecule has 0 spiro atoms. The Bertz CT molecular complexity index is 5000. The summed E-state index contributed by atoms with van der Waals surface area (Å²) in [6, 6.07) is 25.3. The summed E-state index contributed by atoms with van der Waals surface area (Å²) >= 11 is 0. The Labute approximate surface area is 638 Å². The zero-order valence-corrected chi connectivity index (χ0v) is 60.5. The molecular weight excluding hydrogens is 1480 g/mol. The second kappa shape index (κ2) is 38.4. The second-order valence-corrected chi connectivity index (χ2v) is 24.9. The number of hydrogen-bond acceptors (Lipinski definition) is 32. The highest BCUT2D eigenvalue weighted by molar-refractivity contribution is 5.87. The number of fused-ring (bicyclic) bond motifs is 4. The lowest BCUT2D eigenvalue weighted by molar-refractivity contribution is -0.139. The fourth-order valence-electron chi connectivity index (χ4n) is 11.3. The van der Waals surface area contributed by atoms with Gasteiger partial charge in [-0.3, -0.25) is 0 Å². The Morgan fingerprint density at radius 2 is 0.540 bits per heavy atom. The van der Waals surface area contributed by atoms with E-state index >= 15 is 0 Å². The third-order valence-corrected chi connectivity index (χ3v) is 16.7. The van der Waals surface area contributed by atoms with Crippen molar-refractivity contribution in [2.75, 3.05) is 79.3 Å². The highest BCUT2D eigenvalue weighted by Crippen LogP contribution is 2.28. The lowest BCUT2D eigenvalue weighted by Crippen LogP contribution is -2.42. The smallest absolute Gasteiger partial charge is 0.336 e. The highest BCUT2D eigenvalue weighted by atomic mass is 16.6. The number of aromatic nitrogens is 12. The van der Waals surface area contributed by atoms with Crippen LogP contribution in [0.1, 0.15) is 45.0 Å². The molecule has 0 saturated carbocycles. The third-order valence-electron chi connectivity index (χ3n) is 16.7. The van der Waals surface area contributed by atoms with Gasteiger partial charge in [-0.25, -0.2) is 57.1 Å². The van der Waals surface area contributed by atoms with Crippen LogP contribution in [0.5, 0.6) is 0 Å².